The molecule has 0 bridgehead atoms. The number of aryl methyl sites for hydroxylation is 1. The molecule has 3 N–H and O–H groups in total. The fraction of sp³-hybridized carbons (Fsp3) is 0.222. The second-order valence-electron chi connectivity index (χ2n) is 8.20. The van der Waals surface area contributed by atoms with Gasteiger partial charge in [-0.25, -0.2) is 0 Å². The van der Waals surface area contributed by atoms with Gasteiger partial charge < -0.3 is 20.5 Å². The standard InChI is InChI=1S/C27H27N3O2/c1-32-26-16-18(10-15-25(26)31)17-28-19-11-13-20(14-12-19)29-27-21-6-2-4-8-23(21)30-24-9-5-3-7-22(24)27/h2,4,6,8,10-16,28,31H,3,5,7,9,17H2,1H3,(H,29,30). The maximum Gasteiger partial charge on any atom is 0.160 e. The van der Waals surface area contributed by atoms with Crippen molar-refractivity contribution in [2.45, 2.75) is 32.2 Å². The molecule has 0 amide bonds. The lowest BCUT2D eigenvalue weighted by molar-refractivity contribution is 0.373. The second-order valence-corrected chi connectivity index (χ2v) is 8.20. The third kappa shape index (κ3) is 4.06. The Balaban J connectivity index is 1.35. The van der Waals surface area contributed by atoms with Crippen LogP contribution >= 0.6 is 0 Å². The molecular weight excluding hydrogens is 398 g/mol. The van der Waals surface area contributed by atoms with Gasteiger partial charge in [0, 0.05) is 29.0 Å². The van der Waals surface area contributed by atoms with Crippen molar-refractivity contribution >= 4 is 28.0 Å². The van der Waals surface area contributed by atoms with Crippen LogP contribution in [0.3, 0.4) is 0 Å². The molecule has 1 aromatic heterocycles. The Labute approximate surface area is 188 Å². The molecule has 1 aliphatic carbocycles. The molecule has 0 unspecified atom stereocenters. The zero-order valence-electron chi connectivity index (χ0n) is 18.2. The normalized spacial score (nSPS) is 12.9. The van der Waals surface area contributed by atoms with E-state index < -0.39 is 0 Å². The van der Waals surface area contributed by atoms with Gasteiger partial charge in [-0.3, -0.25) is 4.98 Å². The Morgan fingerprint density at radius 2 is 1.72 bits per heavy atom. The Hall–Kier alpha value is -3.73. The van der Waals surface area contributed by atoms with Crippen LogP contribution in [0, 0.1) is 0 Å². The zero-order valence-corrected chi connectivity index (χ0v) is 18.2. The summed E-state index contributed by atoms with van der Waals surface area (Å²) in [7, 11) is 1.56. The summed E-state index contributed by atoms with van der Waals surface area (Å²) in [6.07, 6.45) is 4.56. The van der Waals surface area contributed by atoms with Gasteiger partial charge in [0.05, 0.1) is 18.3 Å². The number of para-hydroxylation sites is 1. The van der Waals surface area contributed by atoms with Crippen molar-refractivity contribution in [1.29, 1.82) is 0 Å². The van der Waals surface area contributed by atoms with Crippen LogP contribution in [-0.4, -0.2) is 17.2 Å². The quantitative estimate of drug-likeness (QED) is 0.344. The van der Waals surface area contributed by atoms with E-state index in [0.717, 1.165) is 35.3 Å². The second kappa shape index (κ2) is 8.79. The van der Waals surface area contributed by atoms with Gasteiger partial charge in [-0.1, -0.05) is 24.3 Å². The van der Waals surface area contributed by atoms with Crippen LogP contribution in [0.4, 0.5) is 17.1 Å². The highest BCUT2D eigenvalue weighted by atomic mass is 16.5. The lowest BCUT2D eigenvalue weighted by Gasteiger charge is -2.22. The molecule has 0 fully saturated rings. The summed E-state index contributed by atoms with van der Waals surface area (Å²) >= 11 is 0. The van der Waals surface area contributed by atoms with Gasteiger partial charge in [0.25, 0.3) is 0 Å². The number of methoxy groups -OCH3 is 1. The number of hydrogen-bond donors (Lipinski definition) is 3. The number of nitrogens with one attached hydrogen (secondary N) is 2. The Bertz CT molecular complexity index is 1250. The minimum atomic E-state index is 0.150. The van der Waals surface area contributed by atoms with E-state index in [1.807, 2.05) is 12.1 Å². The van der Waals surface area contributed by atoms with Crippen LogP contribution in [0.2, 0.25) is 0 Å². The molecule has 1 heterocycles. The van der Waals surface area contributed by atoms with Crippen molar-refractivity contribution < 1.29 is 9.84 Å². The maximum atomic E-state index is 9.76. The fourth-order valence-corrected chi connectivity index (χ4v) is 4.37. The Morgan fingerprint density at radius 1 is 0.938 bits per heavy atom. The predicted octanol–water partition coefficient (Wildman–Crippen LogP) is 6.18. The fourth-order valence-electron chi connectivity index (χ4n) is 4.37. The first kappa shape index (κ1) is 20.2. The topological polar surface area (TPSA) is 66.4 Å². The lowest BCUT2D eigenvalue weighted by Crippen LogP contribution is -2.09. The lowest BCUT2D eigenvalue weighted by atomic mass is 9.92. The maximum absolute atomic E-state index is 9.76. The first-order valence-electron chi connectivity index (χ1n) is 11.1. The Morgan fingerprint density at radius 3 is 2.56 bits per heavy atom. The van der Waals surface area contributed by atoms with Gasteiger partial charge in [-0.2, -0.15) is 0 Å². The first-order valence-corrected chi connectivity index (χ1v) is 11.1. The summed E-state index contributed by atoms with van der Waals surface area (Å²) in [4.78, 5) is 4.93. The van der Waals surface area contributed by atoms with E-state index in [4.69, 9.17) is 9.72 Å². The third-order valence-corrected chi connectivity index (χ3v) is 6.06. The number of anilines is 3. The first-order chi connectivity index (χ1) is 15.7. The van der Waals surface area contributed by atoms with Crippen LogP contribution in [-0.2, 0) is 19.4 Å². The molecule has 0 radical (unpaired) electrons. The van der Waals surface area contributed by atoms with Gasteiger partial charge in [-0.15, -0.1) is 0 Å². The molecule has 1 aliphatic rings. The largest absolute Gasteiger partial charge is 0.504 e. The third-order valence-electron chi connectivity index (χ3n) is 6.06. The molecule has 32 heavy (non-hydrogen) atoms. The SMILES string of the molecule is COc1cc(CNc2ccc(Nc3c4c(nc5ccccc35)CCCC4)cc2)ccc1O. The molecule has 0 saturated carbocycles. The summed E-state index contributed by atoms with van der Waals surface area (Å²) in [5.41, 5.74) is 7.98. The molecule has 0 atom stereocenters. The van der Waals surface area contributed by atoms with Crippen LogP contribution in [0.15, 0.2) is 66.7 Å². The number of benzene rings is 3. The summed E-state index contributed by atoms with van der Waals surface area (Å²) in [5, 5.41) is 18.0. The van der Waals surface area contributed by atoms with Gasteiger partial charge in [-0.05, 0) is 79.3 Å². The van der Waals surface area contributed by atoms with Crippen molar-refractivity contribution in [3.8, 4) is 11.5 Å². The van der Waals surface area contributed by atoms with Gasteiger partial charge in [0.2, 0.25) is 0 Å². The molecule has 0 aliphatic heterocycles. The molecule has 4 aromatic rings. The number of rotatable bonds is 6. The number of ether oxygens (including phenoxy) is 1. The summed E-state index contributed by atoms with van der Waals surface area (Å²) in [6, 6.07) is 22.1. The van der Waals surface area contributed by atoms with E-state index in [1.165, 1.54) is 35.2 Å². The molecule has 0 spiro atoms. The zero-order chi connectivity index (χ0) is 21.9. The van der Waals surface area contributed by atoms with Gasteiger partial charge in [0.1, 0.15) is 0 Å². The molecule has 0 saturated heterocycles. The van der Waals surface area contributed by atoms with Crippen molar-refractivity contribution in [2.24, 2.45) is 0 Å². The van der Waals surface area contributed by atoms with Crippen LogP contribution < -0.4 is 15.4 Å². The van der Waals surface area contributed by atoms with Crippen molar-refractivity contribution in [3.05, 3.63) is 83.6 Å². The number of nitrogens with zero attached hydrogens (tertiary/aromatic N) is 1. The number of hydrogen-bond acceptors (Lipinski definition) is 5. The summed E-state index contributed by atoms with van der Waals surface area (Å²) < 4.78 is 5.19. The number of aromatic nitrogens is 1. The average Bonchev–Trinajstić information content (AvgIpc) is 2.84. The highest BCUT2D eigenvalue weighted by molar-refractivity contribution is 5.95. The molecule has 5 nitrogen and oxygen atoms in total. The van der Waals surface area contributed by atoms with E-state index in [1.54, 1.807) is 13.2 Å². The van der Waals surface area contributed by atoms with E-state index in [-0.39, 0.29) is 5.75 Å². The number of aromatic hydroxyl groups is 1. The van der Waals surface area contributed by atoms with Crippen molar-refractivity contribution in [3.63, 3.8) is 0 Å². The van der Waals surface area contributed by atoms with E-state index in [2.05, 4.69) is 59.2 Å². The van der Waals surface area contributed by atoms with Gasteiger partial charge in [0.15, 0.2) is 11.5 Å². The molecule has 5 rings (SSSR count). The number of fused-ring (bicyclic) bond motifs is 2. The van der Waals surface area contributed by atoms with Gasteiger partial charge >= 0.3 is 0 Å². The van der Waals surface area contributed by atoms with E-state index in [9.17, 15) is 5.11 Å². The number of phenols is 1. The van der Waals surface area contributed by atoms with Crippen LogP contribution in [0.1, 0.15) is 29.7 Å². The predicted molar refractivity (Wildman–Crippen MR) is 130 cm³/mol. The van der Waals surface area contributed by atoms with E-state index >= 15 is 0 Å². The number of pyridine rings is 1. The van der Waals surface area contributed by atoms with Crippen molar-refractivity contribution in [1.82, 2.24) is 4.98 Å². The summed E-state index contributed by atoms with van der Waals surface area (Å²) in [5.74, 6) is 0.634. The molecule has 3 aromatic carbocycles. The summed E-state index contributed by atoms with van der Waals surface area (Å²) in [6.45, 7) is 0.645. The highest BCUT2D eigenvalue weighted by Crippen LogP contribution is 2.35. The molecular formula is C27H27N3O2. The Kier molecular flexibility index (Phi) is 5.55. The van der Waals surface area contributed by atoms with Crippen molar-refractivity contribution in [2.75, 3.05) is 17.7 Å². The van der Waals surface area contributed by atoms with Crippen LogP contribution in [0.5, 0.6) is 11.5 Å². The minimum absolute atomic E-state index is 0.150. The monoisotopic (exact) mass is 425 g/mol. The van der Waals surface area contributed by atoms with Crippen LogP contribution in [0.25, 0.3) is 10.9 Å². The van der Waals surface area contributed by atoms with E-state index in [0.29, 0.717) is 12.3 Å². The highest BCUT2D eigenvalue weighted by Gasteiger charge is 2.18. The smallest absolute Gasteiger partial charge is 0.160 e. The average molecular weight is 426 g/mol. The minimum Gasteiger partial charge on any atom is -0.504 e. The number of phenolic OH excluding ortho intramolecular Hbond substituents is 1. The molecule has 162 valence electrons. The molecule has 5 heteroatoms.